The van der Waals surface area contributed by atoms with Crippen LogP contribution in [0.15, 0.2) is 41.2 Å². The summed E-state index contributed by atoms with van der Waals surface area (Å²) < 4.78 is 5.69. The quantitative estimate of drug-likeness (QED) is 0.437. The van der Waals surface area contributed by atoms with Gasteiger partial charge in [0, 0.05) is 11.1 Å². The Bertz CT molecular complexity index is 1240. The average molecular weight is 464 g/mol. The molecule has 1 radical (unpaired) electrons. The fourth-order valence-electron chi connectivity index (χ4n) is 4.61. The Morgan fingerprint density at radius 1 is 1.18 bits per heavy atom. The Balaban J connectivity index is 1.89. The Morgan fingerprint density at radius 3 is 2.44 bits per heavy atom. The van der Waals surface area contributed by atoms with Crippen molar-refractivity contribution in [1.29, 1.82) is 0 Å². The van der Waals surface area contributed by atoms with Gasteiger partial charge in [-0.1, -0.05) is 52.8 Å². The standard InChI is InChI=1S/C24H27N6O4/c1-13(2)24(21(25)33,18(31)19-28-29-22(34-19)23(3,4)5)17-10-14-8-6-7-9-16(14)30(17)20(32)15-11-26-12-27-15/h6-9,11-13,17,25H,10H2,1-5H3,(H,26,27)/t17-,24-/m0/s1. The van der Waals surface area contributed by atoms with E-state index in [2.05, 4.69) is 20.2 Å². The number of hydrogen-bond acceptors (Lipinski definition) is 7. The van der Waals surface area contributed by atoms with Crippen LogP contribution in [0.2, 0.25) is 0 Å². The van der Waals surface area contributed by atoms with Crippen molar-refractivity contribution in [3.05, 3.63) is 59.8 Å². The topological polar surface area (TPSA) is 146 Å². The van der Waals surface area contributed by atoms with Gasteiger partial charge in [-0.3, -0.25) is 20.1 Å². The molecule has 0 fully saturated rings. The number of para-hydroxylation sites is 1. The van der Waals surface area contributed by atoms with Crippen LogP contribution >= 0.6 is 0 Å². The van der Waals surface area contributed by atoms with Gasteiger partial charge in [0.2, 0.25) is 11.7 Å². The summed E-state index contributed by atoms with van der Waals surface area (Å²) in [5.74, 6) is -3.07. The number of rotatable bonds is 6. The summed E-state index contributed by atoms with van der Waals surface area (Å²) in [6.07, 6.45) is 2.98. The molecule has 0 spiro atoms. The van der Waals surface area contributed by atoms with Gasteiger partial charge in [-0.15, -0.1) is 10.2 Å². The van der Waals surface area contributed by atoms with E-state index >= 15 is 0 Å². The smallest absolute Gasteiger partial charge is 0.285 e. The van der Waals surface area contributed by atoms with Gasteiger partial charge in [-0.25, -0.2) is 4.98 Å². The van der Waals surface area contributed by atoms with E-state index in [9.17, 15) is 14.4 Å². The lowest BCUT2D eigenvalue weighted by atomic mass is 9.66. The maximum absolute atomic E-state index is 14.0. The van der Waals surface area contributed by atoms with Gasteiger partial charge in [0.05, 0.1) is 18.6 Å². The summed E-state index contributed by atoms with van der Waals surface area (Å²) in [4.78, 5) is 48.8. The molecule has 2 amide bonds. The molecule has 2 aromatic heterocycles. The minimum atomic E-state index is -1.93. The molecular formula is C24H27N6O4. The van der Waals surface area contributed by atoms with Crippen molar-refractivity contribution in [2.45, 2.75) is 52.5 Å². The van der Waals surface area contributed by atoms with E-state index in [-0.39, 0.29) is 23.9 Å². The lowest BCUT2D eigenvalue weighted by molar-refractivity contribution is -0.129. The summed E-state index contributed by atoms with van der Waals surface area (Å²) in [5, 5.41) is 7.93. The number of ketones is 1. The van der Waals surface area contributed by atoms with Gasteiger partial charge in [0.25, 0.3) is 17.7 Å². The number of benzene rings is 1. The van der Waals surface area contributed by atoms with E-state index < -0.39 is 40.4 Å². The van der Waals surface area contributed by atoms with Crippen molar-refractivity contribution in [2.75, 3.05) is 4.90 Å². The second-order valence-corrected chi connectivity index (χ2v) is 9.83. The SMILES string of the molecule is CC(C)[C@@](C([NH])=O)(C(=O)c1nnc(C(C)(C)C)o1)[C@@H]1Cc2ccccc2N1C(=O)c1cnc[nH]1. The van der Waals surface area contributed by atoms with E-state index in [4.69, 9.17) is 10.2 Å². The molecule has 1 aromatic carbocycles. The summed E-state index contributed by atoms with van der Waals surface area (Å²) in [5.41, 5.74) is 7.42. The molecule has 2 N–H and O–H groups in total. The predicted molar refractivity (Wildman–Crippen MR) is 122 cm³/mol. The number of carbonyl (C=O) groups is 3. The Hall–Kier alpha value is -3.82. The van der Waals surface area contributed by atoms with E-state index in [0.29, 0.717) is 5.69 Å². The zero-order chi connectivity index (χ0) is 24.8. The number of amides is 2. The summed E-state index contributed by atoms with van der Waals surface area (Å²) in [6.45, 7) is 8.95. The molecule has 4 rings (SSSR count). The van der Waals surface area contributed by atoms with Gasteiger partial charge in [-0.05, 0) is 24.0 Å². The van der Waals surface area contributed by atoms with Gasteiger partial charge >= 0.3 is 0 Å². The van der Waals surface area contributed by atoms with Crippen LogP contribution in [0.1, 0.15) is 67.2 Å². The third kappa shape index (κ3) is 3.49. The third-order valence-electron chi connectivity index (χ3n) is 6.37. The largest absolute Gasteiger partial charge is 0.418 e. The molecule has 2 atom stereocenters. The first-order valence-corrected chi connectivity index (χ1v) is 11.0. The fourth-order valence-corrected chi connectivity index (χ4v) is 4.61. The Morgan fingerprint density at radius 2 is 1.88 bits per heavy atom. The third-order valence-corrected chi connectivity index (χ3v) is 6.37. The van der Waals surface area contributed by atoms with Crippen LogP contribution in [-0.4, -0.2) is 43.8 Å². The van der Waals surface area contributed by atoms with Crippen LogP contribution in [0.4, 0.5) is 5.69 Å². The number of aromatic nitrogens is 4. The van der Waals surface area contributed by atoms with Crippen LogP contribution in [0.25, 0.3) is 0 Å². The van der Waals surface area contributed by atoms with Crippen LogP contribution in [0, 0.1) is 11.3 Å². The number of imidazole rings is 1. The number of H-pyrrole nitrogens is 1. The van der Waals surface area contributed by atoms with Crippen molar-refractivity contribution in [3.63, 3.8) is 0 Å². The van der Waals surface area contributed by atoms with Crippen LogP contribution in [-0.2, 0) is 16.6 Å². The first-order valence-electron chi connectivity index (χ1n) is 11.0. The van der Waals surface area contributed by atoms with Crippen molar-refractivity contribution >= 4 is 23.3 Å². The van der Waals surface area contributed by atoms with Gasteiger partial charge in [0.15, 0.2) is 0 Å². The number of aromatic amines is 1. The minimum Gasteiger partial charge on any atom is -0.418 e. The highest BCUT2D eigenvalue weighted by molar-refractivity contribution is 6.15. The van der Waals surface area contributed by atoms with Crippen molar-refractivity contribution in [3.8, 4) is 0 Å². The molecule has 10 nitrogen and oxygen atoms in total. The predicted octanol–water partition coefficient (Wildman–Crippen LogP) is 3.00. The number of nitrogens with one attached hydrogen (secondary N) is 2. The molecule has 3 aromatic rings. The number of hydrogen-bond donors (Lipinski definition) is 1. The van der Waals surface area contributed by atoms with Crippen LogP contribution in [0.3, 0.4) is 0 Å². The fraction of sp³-hybridized carbons (Fsp3) is 0.417. The normalized spacial score (nSPS) is 17.5. The number of Topliss-reactive ketones (excluding diaryl/α,β-unsaturated/α-hetero) is 1. The average Bonchev–Trinajstić information content (AvgIpc) is 3.52. The molecule has 0 aliphatic carbocycles. The second-order valence-electron chi connectivity index (χ2n) is 9.83. The van der Waals surface area contributed by atoms with Crippen LogP contribution in [0.5, 0.6) is 0 Å². The maximum atomic E-state index is 14.0. The Labute approximate surface area is 196 Å². The number of fused-ring (bicyclic) bond motifs is 1. The van der Waals surface area contributed by atoms with Crippen molar-refractivity contribution in [2.24, 2.45) is 11.3 Å². The molecule has 1 aliphatic rings. The first kappa shape index (κ1) is 23.3. The maximum Gasteiger partial charge on any atom is 0.285 e. The van der Waals surface area contributed by atoms with Crippen molar-refractivity contribution in [1.82, 2.24) is 25.9 Å². The molecule has 10 heteroatoms. The lowest BCUT2D eigenvalue weighted by Crippen LogP contribution is -2.60. The lowest BCUT2D eigenvalue weighted by Gasteiger charge is -2.41. The number of carbonyl (C=O) groups excluding carboxylic acids is 3. The van der Waals surface area contributed by atoms with E-state index in [1.807, 2.05) is 32.9 Å². The second kappa shape index (κ2) is 8.19. The molecule has 0 unspecified atom stereocenters. The van der Waals surface area contributed by atoms with Gasteiger partial charge in [0.1, 0.15) is 11.1 Å². The molecule has 0 saturated carbocycles. The van der Waals surface area contributed by atoms with E-state index in [1.54, 1.807) is 26.0 Å². The van der Waals surface area contributed by atoms with Gasteiger partial charge in [-0.2, -0.15) is 0 Å². The highest BCUT2D eigenvalue weighted by Gasteiger charge is 2.60. The summed E-state index contributed by atoms with van der Waals surface area (Å²) in [7, 11) is 0. The number of anilines is 1. The minimum absolute atomic E-state index is 0.206. The van der Waals surface area contributed by atoms with Crippen LogP contribution < -0.4 is 10.6 Å². The van der Waals surface area contributed by atoms with Gasteiger partial charge < -0.3 is 14.3 Å². The summed E-state index contributed by atoms with van der Waals surface area (Å²) >= 11 is 0. The molecule has 177 valence electrons. The first-order chi connectivity index (χ1) is 16.0. The zero-order valence-corrected chi connectivity index (χ0v) is 19.7. The Kier molecular flexibility index (Phi) is 5.63. The highest BCUT2D eigenvalue weighted by atomic mass is 16.4. The zero-order valence-electron chi connectivity index (χ0n) is 19.7. The molecular weight excluding hydrogens is 436 g/mol. The highest BCUT2D eigenvalue weighted by Crippen LogP contribution is 2.46. The molecule has 1 aliphatic heterocycles. The molecule has 0 bridgehead atoms. The van der Waals surface area contributed by atoms with E-state index in [0.717, 1.165) is 5.56 Å². The monoisotopic (exact) mass is 463 g/mol. The van der Waals surface area contributed by atoms with Crippen molar-refractivity contribution < 1.29 is 18.8 Å². The number of nitrogens with zero attached hydrogens (tertiary/aromatic N) is 4. The summed E-state index contributed by atoms with van der Waals surface area (Å²) in [6, 6.07) is 6.25. The molecule has 3 heterocycles. The van der Waals surface area contributed by atoms with E-state index in [1.165, 1.54) is 17.4 Å². The molecule has 34 heavy (non-hydrogen) atoms. The molecule has 0 saturated heterocycles.